The number of unbranched alkanes of at least 4 members (excludes halogenated alkanes) is 1. The SMILES string of the molecule is CCCCNC(=NCC(=O)N(C)C)N1CCC(Cc2ccccc2)C1. The summed E-state index contributed by atoms with van der Waals surface area (Å²) in [6.07, 6.45) is 4.54. The maximum Gasteiger partial charge on any atom is 0.243 e. The van der Waals surface area contributed by atoms with Crippen LogP contribution in [-0.4, -0.2) is 61.9 Å². The molecule has 1 aliphatic heterocycles. The van der Waals surface area contributed by atoms with E-state index in [1.54, 1.807) is 19.0 Å². The van der Waals surface area contributed by atoms with E-state index in [-0.39, 0.29) is 12.5 Å². The number of carbonyl (C=O) groups is 1. The normalized spacial score (nSPS) is 17.6. The van der Waals surface area contributed by atoms with Crippen LogP contribution >= 0.6 is 0 Å². The van der Waals surface area contributed by atoms with Gasteiger partial charge in [-0.05, 0) is 30.7 Å². The molecule has 5 nitrogen and oxygen atoms in total. The lowest BCUT2D eigenvalue weighted by atomic mass is 9.99. The third kappa shape index (κ3) is 6.40. The number of amides is 1. The second-order valence-corrected chi connectivity index (χ2v) is 7.00. The number of benzene rings is 1. The molecule has 0 saturated carbocycles. The highest BCUT2D eigenvalue weighted by molar-refractivity contribution is 5.85. The summed E-state index contributed by atoms with van der Waals surface area (Å²) in [4.78, 5) is 20.4. The van der Waals surface area contributed by atoms with Crippen molar-refractivity contribution in [2.75, 3.05) is 40.3 Å². The van der Waals surface area contributed by atoms with Gasteiger partial charge in [-0.3, -0.25) is 4.79 Å². The van der Waals surface area contributed by atoms with E-state index in [2.05, 4.69) is 52.5 Å². The quantitative estimate of drug-likeness (QED) is 0.469. The van der Waals surface area contributed by atoms with E-state index in [1.807, 2.05) is 0 Å². The van der Waals surface area contributed by atoms with Crippen molar-refractivity contribution >= 4 is 11.9 Å². The van der Waals surface area contributed by atoms with Gasteiger partial charge in [-0.15, -0.1) is 0 Å². The molecule has 1 aliphatic rings. The topological polar surface area (TPSA) is 47.9 Å². The first kappa shape index (κ1) is 19.3. The van der Waals surface area contributed by atoms with Gasteiger partial charge in [0.05, 0.1) is 0 Å². The van der Waals surface area contributed by atoms with Crippen molar-refractivity contribution in [3.05, 3.63) is 35.9 Å². The first-order chi connectivity index (χ1) is 12.1. The van der Waals surface area contributed by atoms with E-state index in [1.165, 1.54) is 12.0 Å². The summed E-state index contributed by atoms with van der Waals surface area (Å²) in [5, 5.41) is 3.45. The molecule has 5 heteroatoms. The van der Waals surface area contributed by atoms with Gasteiger partial charge >= 0.3 is 0 Å². The molecule has 138 valence electrons. The van der Waals surface area contributed by atoms with E-state index >= 15 is 0 Å². The number of hydrogen-bond acceptors (Lipinski definition) is 2. The van der Waals surface area contributed by atoms with Crippen LogP contribution < -0.4 is 5.32 Å². The molecule has 25 heavy (non-hydrogen) atoms. The number of nitrogens with one attached hydrogen (secondary N) is 1. The molecule has 0 radical (unpaired) electrons. The minimum Gasteiger partial charge on any atom is -0.356 e. The molecule has 1 unspecified atom stereocenters. The van der Waals surface area contributed by atoms with Gasteiger partial charge in [0.1, 0.15) is 6.54 Å². The van der Waals surface area contributed by atoms with Crippen LogP contribution in [0.4, 0.5) is 0 Å². The molecular formula is C20H32N4O. The predicted molar refractivity (Wildman–Crippen MR) is 104 cm³/mol. The zero-order valence-electron chi connectivity index (χ0n) is 15.9. The smallest absolute Gasteiger partial charge is 0.243 e. The van der Waals surface area contributed by atoms with Crippen molar-refractivity contribution in [2.45, 2.75) is 32.6 Å². The third-order valence-electron chi connectivity index (χ3n) is 4.63. The Hall–Kier alpha value is -2.04. The number of aliphatic imine (C=N–C) groups is 1. The lowest BCUT2D eigenvalue weighted by molar-refractivity contribution is -0.127. The van der Waals surface area contributed by atoms with Crippen molar-refractivity contribution in [1.29, 1.82) is 0 Å². The van der Waals surface area contributed by atoms with Crippen molar-refractivity contribution in [3.8, 4) is 0 Å². The Balaban J connectivity index is 1.94. The van der Waals surface area contributed by atoms with Gasteiger partial charge in [0.15, 0.2) is 5.96 Å². The summed E-state index contributed by atoms with van der Waals surface area (Å²) >= 11 is 0. The standard InChI is InChI=1S/C20H32N4O/c1-4-5-12-21-20(22-15-19(25)23(2)3)24-13-11-18(16-24)14-17-9-7-6-8-10-17/h6-10,18H,4-5,11-16H2,1-3H3,(H,21,22). The molecule has 0 spiro atoms. The molecular weight excluding hydrogens is 312 g/mol. The Kier molecular flexibility index (Phi) is 7.76. The molecule has 1 atom stereocenters. The second-order valence-electron chi connectivity index (χ2n) is 7.00. The molecule has 1 aromatic rings. The zero-order chi connectivity index (χ0) is 18.1. The van der Waals surface area contributed by atoms with Crippen LogP contribution in [0, 0.1) is 5.92 Å². The van der Waals surface area contributed by atoms with Crippen LogP contribution in [0.1, 0.15) is 31.7 Å². The Morgan fingerprint density at radius 2 is 2.08 bits per heavy atom. The highest BCUT2D eigenvalue weighted by Crippen LogP contribution is 2.20. The Bertz CT molecular complexity index is 556. The summed E-state index contributed by atoms with van der Waals surface area (Å²) in [5.41, 5.74) is 1.40. The van der Waals surface area contributed by atoms with E-state index in [0.717, 1.165) is 44.9 Å². The fourth-order valence-electron chi connectivity index (χ4n) is 3.07. The molecule has 0 aromatic heterocycles. The number of guanidine groups is 1. The van der Waals surface area contributed by atoms with Gasteiger partial charge in [-0.1, -0.05) is 43.7 Å². The molecule has 0 aliphatic carbocycles. The Labute approximate surface area is 152 Å². The molecule has 1 fully saturated rings. The highest BCUT2D eigenvalue weighted by atomic mass is 16.2. The number of likely N-dealkylation sites (N-methyl/N-ethyl adjacent to an activating group) is 1. The number of hydrogen-bond donors (Lipinski definition) is 1. The maximum absolute atomic E-state index is 11.9. The summed E-state index contributed by atoms with van der Waals surface area (Å²) in [6.45, 7) is 5.31. The van der Waals surface area contributed by atoms with Crippen molar-refractivity contribution in [3.63, 3.8) is 0 Å². The average Bonchev–Trinajstić information content (AvgIpc) is 3.06. The van der Waals surface area contributed by atoms with Crippen molar-refractivity contribution < 1.29 is 4.79 Å². The average molecular weight is 345 g/mol. The van der Waals surface area contributed by atoms with Crippen LogP contribution in [0.5, 0.6) is 0 Å². The fraction of sp³-hybridized carbons (Fsp3) is 0.600. The molecule has 1 aromatic carbocycles. The zero-order valence-corrected chi connectivity index (χ0v) is 15.9. The van der Waals surface area contributed by atoms with Gasteiger partial charge in [-0.2, -0.15) is 0 Å². The number of nitrogens with zero attached hydrogens (tertiary/aromatic N) is 3. The lowest BCUT2D eigenvalue weighted by Crippen LogP contribution is -2.41. The minimum atomic E-state index is 0.0369. The largest absolute Gasteiger partial charge is 0.356 e. The van der Waals surface area contributed by atoms with Crippen molar-refractivity contribution in [1.82, 2.24) is 15.1 Å². The summed E-state index contributed by atoms with van der Waals surface area (Å²) in [5.74, 6) is 1.57. The van der Waals surface area contributed by atoms with Gasteiger partial charge in [0.2, 0.25) is 5.91 Å². The molecule has 2 rings (SSSR count). The second kappa shape index (κ2) is 10.1. The summed E-state index contributed by atoms with van der Waals surface area (Å²) in [7, 11) is 3.54. The molecule has 0 bridgehead atoms. The van der Waals surface area contributed by atoms with Gasteiger partial charge in [-0.25, -0.2) is 4.99 Å². The number of carbonyl (C=O) groups excluding carboxylic acids is 1. The molecule has 1 amide bonds. The maximum atomic E-state index is 11.9. The predicted octanol–water partition coefficient (Wildman–Crippen LogP) is 2.38. The monoisotopic (exact) mass is 344 g/mol. The van der Waals surface area contributed by atoms with E-state index in [4.69, 9.17) is 0 Å². The Morgan fingerprint density at radius 1 is 1.32 bits per heavy atom. The molecule has 1 N–H and O–H groups in total. The minimum absolute atomic E-state index is 0.0369. The lowest BCUT2D eigenvalue weighted by Gasteiger charge is -2.22. The van der Waals surface area contributed by atoms with E-state index in [0.29, 0.717) is 5.92 Å². The highest BCUT2D eigenvalue weighted by Gasteiger charge is 2.25. The van der Waals surface area contributed by atoms with Crippen LogP contribution in [0.2, 0.25) is 0 Å². The van der Waals surface area contributed by atoms with E-state index in [9.17, 15) is 4.79 Å². The van der Waals surface area contributed by atoms with Crippen LogP contribution in [-0.2, 0) is 11.2 Å². The fourth-order valence-corrected chi connectivity index (χ4v) is 3.07. The molecule has 1 heterocycles. The summed E-state index contributed by atoms with van der Waals surface area (Å²) < 4.78 is 0. The number of rotatable bonds is 7. The van der Waals surface area contributed by atoms with Gasteiger partial charge in [0, 0.05) is 33.7 Å². The van der Waals surface area contributed by atoms with E-state index < -0.39 is 0 Å². The first-order valence-corrected chi connectivity index (χ1v) is 9.37. The first-order valence-electron chi connectivity index (χ1n) is 9.37. The van der Waals surface area contributed by atoms with Crippen LogP contribution in [0.25, 0.3) is 0 Å². The van der Waals surface area contributed by atoms with Gasteiger partial charge in [0.25, 0.3) is 0 Å². The van der Waals surface area contributed by atoms with Crippen molar-refractivity contribution in [2.24, 2.45) is 10.9 Å². The molecule has 1 saturated heterocycles. The third-order valence-corrected chi connectivity index (χ3v) is 4.63. The Morgan fingerprint density at radius 3 is 2.76 bits per heavy atom. The summed E-state index contributed by atoms with van der Waals surface area (Å²) in [6, 6.07) is 10.7. The van der Waals surface area contributed by atoms with Crippen LogP contribution in [0.15, 0.2) is 35.3 Å². The van der Waals surface area contributed by atoms with Gasteiger partial charge < -0.3 is 15.1 Å². The van der Waals surface area contributed by atoms with Crippen LogP contribution in [0.3, 0.4) is 0 Å². The number of likely N-dealkylation sites (tertiary alicyclic amines) is 1.